The molecule has 106 valence electrons. The third kappa shape index (κ3) is 4.39. The summed E-state index contributed by atoms with van der Waals surface area (Å²) in [4.78, 5) is 4.18. The van der Waals surface area contributed by atoms with Crippen molar-refractivity contribution >= 4 is 15.9 Å². The largest absolute Gasteiger partial charge is 0.319 e. The first-order chi connectivity index (χ1) is 9.69. The molecule has 1 unspecified atom stereocenters. The van der Waals surface area contributed by atoms with Gasteiger partial charge in [-0.25, -0.2) is 4.39 Å². The first-order valence-corrected chi connectivity index (χ1v) is 7.45. The molecule has 1 N–H and O–H groups in total. The highest BCUT2D eigenvalue weighted by Gasteiger charge is 2.13. The lowest BCUT2D eigenvalue weighted by atomic mass is 9.93. The van der Waals surface area contributed by atoms with Crippen LogP contribution in [0.3, 0.4) is 0 Å². The Labute approximate surface area is 127 Å². The lowest BCUT2D eigenvalue weighted by Gasteiger charge is -2.17. The lowest BCUT2D eigenvalue weighted by molar-refractivity contribution is 0.479. The van der Waals surface area contributed by atoms with Gasteiger partial charge in [-0.3, -0.25) is 4.98 Å². The van der Waals surface area contributed by atoms with E-state index in [1.165, 1.54) is 6.07 Å². The third-order valence-electron chi connectivity index (χ3n) is 3.25. The van der Waals surface area contributed by atoms with Crippen LogP contribution >= 0.6 is 15.9 Å². The van der Waals surface area contributed by atoms with Crippen LogP contribution in [-0.2, 0) is 12.8 Å². The molecular weight excluding hydrogens is 319 g/mol. The van der Waals surface area contributed by atoms with Gasteiger partial charge in [0.05, 0.1) is 0 Å². The molecule has 0 fully saturated rings. The SMILES string of the molecule is CNCC(Cc1cncc(Br)c1)Cc1ccccc1F. The van der Waals surface area contributed by atoms with Crippen molar-refractivity contribution in [1.82, 2.24) is 10.3 Å². The Bertz CT molecular complexity index is 560. The monoisotopic (exact) mass is 336 g/mol. The molecule has 0 aliphatic rings. The van der Waals surface area contributed by atoms with Gasteiger partial charge in [-0.05, 0) is 71.5 Å². The number of nitrogens with zero attached hydrogens (tertiary/aromatic N) is 1. The Balaban J connectivity index is 2.09. The van der Waals surface area contributed by atoms with E-state index in [9.17, 15) is 4.39 Å². The van der Waals surface area contributed by atoms with Crippen LogP contribution in [-0.4, -0.2) is 18.6 Å². The fourth-order valence-corrected chi connectivity index (χ4v) is 2.79. The Hall–Kier alpha value is -1.26. The molecule has 1 heterocycles. The summed E-state index contributed by atoms with van der Waals surface area (Å²) in [7, 11) is 1.92. The molecule has 4 heteroatoms. The average Bonchev–Trinajstić information content (AvgIpc) is 2.42. The van der Waals surface area contributed by atoms with Crippen LogP contribution in [0.25, 0.3) is 0 Å². The number of aromatic nitrogens is 1. The van der Waals surface area contributed by atoms with Crippen LogP contribution < -0.4 is 5.32 Å². The Morgan fingerprint density at radius 2 is 2.05 bits per heavy atom. The first kappa shape index (κ1) is 15.1. The molecule has 20 heavy (non-hydrogen) atoms. The molecule has 0 bridgehead atoms. The van der Waals surface area contributed by atoms with Gasteiger partial charge in [0.15, 0.2) is 0 Å². The van der Waals surface area contributed by atoms with Crippen molar-refractivity contribution in [3.8, 4) is 0 Å². The van der Waals surface area contributed by atoms with Gasteiger partial charge in [0.25, 0.3) is 0 Å². The van der Waals surface area contributed by atoms with E-state index in [0.29, 0.717) is 5.92 Å². The summed E-state index contributed by atoms with van der Waals surface area (Å²) < 4.78 is 14.7. The molecule has 2 rings (SSSR count). The van der Waals surface area contributed by atoms with Crippen molar-refractivity contribution in [3.63, 3.8) is 0 Å². The summed E-state index contributed by atoms with van der Waals surface area (Å²) in [5, 5.41) is 3.19. The lowest BCUT2D eigenvalue weighted by Crippen LogP contribution is -2.23. The van der Waals surface area contributed by atoms with Gasteiger partial charge in [-0.15, -0.1) is 0 Å². The predicted octanol–water partition coefficient (Wildman–Crippen LogP) is 3.60. The van der Waals surface area contributed by atoms with E-state index in [1.54, 1.807) is 12.3 Å². The maximum absolute atomic E-state index is 13.8. The second kappa shape index (κ2) is 7.50. The van der Waals surface area contributed by atoms with Crippen molar-refractivity contribution in [3.05, 3.63) is 64.1 Å². The van der Waals surface area contributed by atoms with Crippen LogP contribution in [0.2, 0.25) is 0 Å². The van der Waals surface area contributed by atoms with Gasteiger partial charge < -0.3 is 5.32 Å². The maximum Gasteiger partial charge on any atom is 0.126 e. The molecule has 1 aromatic heterocycles. The van der Waals surface area contributed by atoms with Crippen molar-refractivity contribution < 1.29 is 4.39 Å². The molecule has 0 saturated carbocycles. The van der Waals surface area contributed by atoms with Crippen LogP contribution in [0, 0.1) is 11.7 Å². The van der Waals surface area contributed by atoms with Gasteiger partial charge in [-0.2, -0.15) is 0 Å². The molecule has 2 aromatic rings. The molecule has 0 saturated heterocycles. The van der Waals surface area contributed by atoms with E-state index < -0.39 is 0 Å². The van der Waals surface area contributed by atoms with Gasteiger partial charge in [-0.1, -0.05) is 18.2 Å². The average molecular weight is 337 g/mol. The smallest absolute Gasteiger partial charge is 0.126 e. The van der Waals surface area contributed by atoms with Gasteiger partial charge in [0, 0.05) is 16.9 Å². The van der Waals surface area contributed by atoms with E-state index in [4.69, 9.17) is 0 Å². The van der Waals surface area contributed by atoms with E-state index in [1.807, 2.05) is 25.4 Å². The summed E-state index contributed by atoms with van der Waals surface area (Å²) in [6.07, 6.45) is 5.24. The minimum absolute atomic E-state index is 0.124. The summed E-state index contributed by atoms with van der Waals surface area (Å²) in [5.74, 6) is 0.217. The Kier molecular flexibility index (Phi) is 5.68. The van der Waals surface area contributed by atoms with E-state index in [-0.39, 0.29) is 5.82 Å². The van der Waals surface area contributed by atoms with E-state index in [2.05, 4.69) is 32.3 Å². The predicted molar refractivity (Wildman–Crippen MR) is 83.2 cm³/mol. The summed E-state index contributed by atoms with van der Waals surface area (Å²) in [6, 6.07) is 9.06. The zero-order chi connectivity index (χ0) is 14.4. The number of nitrogens with one attached hydrogen (secondary N) is 1. The maximum atomic E-state index is 13.8. The van der Waals surface area contributed by atoms with Crippen molar-refractivity contribution in [2.24, 2.45) is 5.92 Å². The highest BCUT2D eigenvalue weighted by Crippen LogP contribution is 2.18. The number of halogens is 2. The van der Waals surface area contributed by atoms with Gasteiger partial charge in [0.2, 0.25) is 0 Å². The zero-order valence-corrected chi connectivity index (χ0v) is 13.0. The minimum Gasteiger partial charge on any atom is -0.319 e. The topological polar surface area (TPSA) is 24.9 Å². The molecule has 0 aliphatic heterocycles. The molecule has 0 spiro atoms. The van der Waals surface area contributed by atoms with E-state index in [0.717, 1.165) is 35.0 Å². The van der Waals surface area contributed by atoms with Gasteiger partial charge in [0.1, 0.15) is 5.82 Å². The molecule has 1 aromatic carbocycles. The van der Waals surface area contributed by atoms with Crippen molar-refractivity contribution in [2.45, 2.75) is 12.8 Å². The fourth-order valence-electron chi connectivity index (χ4n) is 2.38. The molecule has 2 nitrogen and oxygen atoms in total. The quantitative estimate of drug-likeness (QED) is 0.871. The zero-order valence-electron chi connectivity index (χ0n) is 11.4. The minimum atomic E-state index is -0.124. The van der Waals surface area contributed by atoms with Crippen molar-refractivity contribution in [1.29, 1.82) is 0 Å². The summed E-state index contributed by atoms with van der Waals surface area (Å²) in [5.41, 5.74) is 1.94. The standard InChI is InChI=1S/C16H18BrFN2/c1-19-9-12(6-13-8-15(17)11-20-10-13)7-14-4-2-3-5-16(14)18/h2-5,8,10-12,19H,6-7,9H2,1H3. The number of rotatable bonds is 6. The Morgan fingerprint density at radius 3 is 2.75 bits per heavy atom. The molecule has 0 radical (unpaired) electrons. The van der Waals surface area contributed by atoms with Crippen LogP contribution in [0.5, 0.6) is 0 Å². The fraction of sp³-hybridized carbons (Fsp3) is 0.312. The number of pyridine rings is 1. The van der Waals surface area contributed by atoms with E-state index >= 15 is 0 Å². The van der Waals surface area contributed by atoms with Crippen LogP contribution in [0.15, 0.2) is 47.2 Å². The highest BCUT2D eigenvalue weighted by molar-refractivity contribution is 9.10. The third-order valence-corrected chi connectivity index (χ3v) is 3.68. The second-order valence-electron chi connectivity index (χ2n) is 4.93. The number of benzene rings is 1. The number of hydrogen-bond acceptors (Lipinski definition) is 2. The normalized spacial score (nSPS) is 12.3. The first-order valence-electron chi connectivity index (χ1n) is 6.66. The highest BCUT2D eigenvalue weighted by atomic mass is 79.9. The second-order valence-corrected chi connectivity index (χ2v) is 5.85. The summed E-state index contributed by atoms with van der Waals surface area (Å²) >= 11 is 3.43. The van der Waals surface area contributed by atoms with Crippen LogP contribution in [0.4, 0.5) is 4.39 Å². The van der Waals surface area contributed by atoms with Crippen molar-refractivity contribution in [2.75, 3.05) is 13.6 Å². The molecular formula is C16H18BrFN2. The molecule has 0 amide bonds. The molecule has 1 atom stereocenters. The Morgan fingerprint density at radius 1 is 1.25 bits per heavy atom. The van der Waals surface area contributed by atoms with Gasteiger partial charge >= 0.3 is 0 Å². The summed E-state index contributed by atoms with van der Waals surface area (Å²) in [6.45, 7) is 0.848. The molecule has 0 aliphatic carbocycles. The number of hydrogen-bond donors (Lipinski definition) is 1. The van der Waals surface area contributed by atoms with Crippen LogP contribution in [0.1, 0.15) is 11.1 Å².